The van der Waals surface area contributed by atoms with E-state index in [1.165, 1.54) is 0 Å². The molecule has 3 aromatic carbocycles. The molecular formula is C26H21ClN4O3. The number of amides is 2. The van der Waals surface area contributed by atoms with Crippen LogP contribution in [0.2, 0.25) is 5.02 Å². The third-order valence-electron chi connectivity index (χ3n) is 6.05. The Bertz CT molecular complexity index is 1390. The fourth-order valence-electron chi connectivity index (χ4n) is 4.12. The van der Waals surface area contributed by atoms with Crippen LogP contribution in [0.25, 0.3) is 11.0 Å². The molecule has 0 spiro atoms. The number of halogens is 1. The molecular weight excluding hydrogens is 452 g/mol. The van der Waals surface area contributed by atoms with Crippen molar-refractivity contribution in [3.05, 3.63) is 94.0 Å². The van der Waals surface area contributed by atoms with Gasteiger partial charge in [-0.2, -0.15) is 0 Å². The topological polar surface area (TPSA) is 95.2 Å². The van der Waals surface area contributed by atoms with Gasteiger partial charge < -0.3 is 9.88 Å². The lowest BCUT2D eigenvalue weighted by molar-refractivity contribution is -0.122. The third-order valence-corrected chi connectivity index (χ3v) is 6.28. The van der Waals surface area contributed by atoms with Gasteiger partial charge in [0, 0.05) is 29.1 Å². The number of fused-ring (bicyclic) bond motifs is 2. The molecule has 8 heteroatoms. The second-order valence-electron chi connectivity index (χ2n) is 8.31. The zero-order chi connectivity index (χ0) is 23.8. The number of ketones is 1. The van der Waals surface area contributed by atoms with Crippen LogP contribution in [0.1, 0.15) is 38.8 Å². The smallest absolute Gasteiger partial charge is 0.257 e. The normalized spacial score (nSPS) is 15.8. The molecule has 1 aliphatic rings. The van der Waals surface area contributed by atoms with Crippen molar-refractivity contribution in [3.63, 3.8) is 0 Å². The zero-order valence-electron chi connectivity index (χ0n) is 18.3. The Labute approximate surface area is 200 Å². The number of hydrogen-bond acceptors (Lipinski definition) is 4. The predicted octanol–water partition coefficient (Wildman–Crippen LogP) is 4.62. The summed E-state index contributed by atoms with van der Waals surface area (Å²) in [7, 11) is 0. The summed E-state index contributed by atoms with van der Waals surface area (Å²) in [6, 6.07) is 18.9. The highest BCUT2D eigenvalue weighted by molar-refractivity contribution is 6.30. The van der Waals surface area contributed by atoms with Gasteiger partial charge in [-0.1, -0.05) is 35.9 Å². The number of rotatable bonds is 4. The molecule has 4 aromatic rings. The fraction of sp³-hybridized carbons (Fsp3) is 0.154. The lowest BCUT2D eigenvalue weighted by Gasteiger charge is -2.26. The van der Waals surface area contributed by atoms with Crippen molar-refractivity contribution in [2.45, 2.75) is 25.9 Å². The summed E-state index contributed by atoms with van der Waals surface area (Å²) in [5.41, 5.74) is 4.00. The van der Waals surface area contributed by atoms with Crippen LogP contribution in [0, 0.1) is 0 Å². The van der Waals surface area contributed by atoms with E-state index < -0.39 is 6.04 Å². The number of para-hydroxylation sites is 2. The first-order valence-corrected chi connectivity index (χ1v) is 11.2. The summed E-state index contributed by atoms with van der Waals surface area (Å²) in [6.07, 6.45) is 0.167. The lowest BCUT2D eigenvalue weighted by Crippen LogP contribution is -2.41. The van der Waals surface area contributed by atoms with Crippen molar-refractivity contribution >= 4 is 46.2 Å². The molecule has 0 unspecified atom stereocenters. The zero-order valence-corrected chi connectivity index (χ0v) is 19.1. The van der Waals surface area contributed by atoms with Crippen molar-refractivity contribution in [3.8, 4) is 0 Å². The summed E-state index contributed by atoms with van der Waals surface area (Å²) in [5.74, 6) is -0.185. The maximum atomic E-state index is 13.2. The van der Waals surface area contributed by atoms with Crippen LogP contribution < -0.4 is 5.32 Å². The number of hydrogen-bond donors (Lipinski definition) is 2. The largest absolute Gasteiger partial charge is 0.325 e. The Morgan fingerprint density at radius 2 is 1.88 bits per heavy atom. The van der Waals surface area contributed by atoms with E-state index in [-0.39, 0.29) is 30.6 Å². The van der Waals surface area contributed by atoms with Crippen LogP contribution in [-0.4, -0.2) is 38.5 Å². The number of Topliss-reactive ketones (excluding diaryl/α,β-unsaturated/α-hetero) is 1. The van der Waals surface area contributed by atoms with Gasteiger partial charge >= 0.3 is 0 Å². The molecule has 170 valence electrons. The Hall–Kier alpha value is -3.97. The number of aromatic nitrogens is 2. The number of aromatic amines is 1. The minimum atomic E-state index is -0.574. The third kappa shape index (κ3) is 4.18. The van der Waals surface area contributed by atoms with Gasteiger partial charge in [0.15, 0.2) is 5.78 Å². The van der Waals surface area contributed by atoms with Gasteiger partial charge in [0.05, 0.1) is 17.1 Å². The second-order valence-corrected chi connectivity index (χ2v) is 8.74. The van der Waals surface area contributed by atoms with Crippen molar-refractivity contribution in [2.75, 3.05) is 5.32 Å². The summed E-state index contributed by atoms with van der Waals surface area (Å²) >= 11 is 6.07. The molecule has 0 radical (unpaired) electrons. The highest BCUT2D eigenvalue weighted by atomic mass is 35.5. The molecule has 2 N–H and O–H groups in total. The van der Waals surface area contributed by atoms with Gasteiger partial charge in [-0.15, -0.1) is 0 Å². The van der Waals surface area contributed by atoms with Crippen molar-refractivity contribution < 1.29 is 14.4 Å². The molecule has 5 rings (SSSR count). The van der Waals surface area contributed by atoms with Crippen molar-refractivity contribution in [1.29, 1.82) is 0 Å². The van der Waals surface area contributed by atoms with Crippen LogP contribution in [0.5, 0.6) is 0 Å². The molecule has 0 fully saturated rings. The minimum Gasteiger partial charge on any atom is -0.325 e. The van der Waals surface area contributed by atoms with Crippen LogP contribution in [0.3, 0.4) is 0 Å². The number of imidazole rings is 1. The first-order valence-electron chi connectivity index (χ1n) is 10.9. The molecule has 0 aliphatic carbocycles. The SMILES string of the molecule is C[C@@H]1C(=O)Cc2cc(Cl)ccc2C(=O)N1Cc1ccc(C(=O)Nc2nc3ccccc3[nH]2)cc1. The van der Waals surface area contributed by atoms with Crippen molar-refractivity contribution in [2.24, 2.45) is 0 Å². The highest BCUT2D eigenvalue weighted by Gasteiger charge is 2.32. The first kappa shape index (κ1) is 21.9. The number of anilines is 1. The number of H-pyrrole nitrogens is 1. The number of nitrogens with zero attached hydrogens (tertiary/aromatic N) is 2. The average molecular weight is 473 g/mol. The maximum absolute atomic E-state index is 13.2. The number of nitrogens with one attached hydrogen (secondary N) is 2. The van der Waals surface area contributed by atoms with Crippen LogP contribution in [0.15, 0.2) is 66.7 Å². The maximum Gasteiger partial charge on any atom is 0.257 e. The molecule has 0 saturated carbocycles. The fourth-order valence-corrected chi connectivity index (χ4v) is 4.31. The standard InChI is InChI=1S/C26H21ClN4O3/c1-15-23(32)13-18-12-19(27)10-11-20(18)25(34)31(15)14-16-6-8-17(9-7-16)24(33)30-26-28-21-4-2-3-5-22(21)29-26/h2-12,15H,13-14H2,1H3,(H2,28,29,30,33)/t15-/m1/s1. The predicted molar refractivity (Wildman–Crippen MR) is 130 cm³/mol. The molecule has 0 bridgehead atoms. The van der Waals surface area contributed by atoms with Gasteiger partial charge in [0.1, 0.15) is 0 Å². The van der Waals surface area contributed by atoms with E-state index in [9.17, 15) is 14.4 Å². The first-order chi connectivity index (χ1) is 16.4. The lowest BCUT2D eigenvalue weighted by atomic mass is 10.0. The van der Waals surface area contributed by atoms with Crippen LogP contribution in [0.4, 0.5) is 5.95 Å². The molecule has 7 nitrogen and oxygen atoms in total. The van der Waals surface area contributed by atoms with Crippen molar-refractivity contribution in [1.82, 2.24) is 14.9 Å². The molecule has 34 heavy (non-hydrogen) atoms. The Kier molecular flexibility index (Phi) is 5.63. The van der Waals surface area contributed by atoms with Gasteiger partial charge in [-0.25, -0.2) is 4.98 Å². The number of carbonyl (C=O) groups is 3. The number of carbonyl (C=O) groups excluding carboxylic acids is 3. The molecule has 2 heterocycles. The van der Waals surface area contributed by atoms with E-state index in [0.29, 0.717) is 27.7 Å². The number of benzene rings is 3. The monoisotopic (exact) mass is 472 g/mol. The second kappa shape index (κ2) is 8.76. The highest BCUT2D eigenvalue weighted by Crippen LogP contribution is 2.25. The Balaban J connectivity index is 1.32. The summed E-state index contributed by atoms with van der Waals surface area (Å²) in [5, 5.41) is 3.26. The Morgan fingerprint density at radius 1 is 1.12 bits per heavy atom. The van der Waals surface area contributed by atoms with E-state index in [1.807, 2.05) is 24.3 Å². The van der Waals surface area contributed by atoms with Gasteiger partial charge in [-0.3, -0.25) is 19.7 Å². The summed E-state index contributed by atoms with van der Waals surface area (Å²) < 4.78 is 0. The molecule has 2 amide bonds. The molecule has 1 aromatic heterocycles. The molecule has 1 aliphatic heterocycles. The van der Waals surface area contributed by atoms with E-state index in [1.54, 1.807) is 54.3 Å². The summed E-state index contributed by atoms with van der Waals surface area (Å²) in [4.78, 5) is 47.6. The van der Waals surface area contributed by atoms with E-state index in [4.69, 9.17) is 11.6 Å². The van der Waals surface area contributed by atoms with E-state index in [0.717, 1.165) is 16.6 Å². The quantitative estimate of drug-likeness (QED) is 0.453. The summed E-state index contributed by atoms with van der Waals surface area (Å²) in [6.45, 7) is 1.99. The van der Waals surface area contributed by atoms with Crippen LogP contribution >= 0.6 is 11.6 Å². The average Bonchev–Trinajstić information content (AvgIpc) is 3.21. The van der Waals surface area contributed by atoms with Gasteiger partial charge in [0.25, 0.3) is 11.8 Å². The molecule has 0 saturated heterocycles. The van der Waals surface area contributed by atoms with Gasteiger partial charge in [-0.05, 0) is 60.5 Å². The van der Waals surface area contributed by atoms with Gasteiger partial charge in [0.2, 0.25) is 5.95 Å². The van der Waals surface area contributed by atoms with E-state index >= 15 is 0 Å². The molecule has 1 atom stereocenters. The Morgan fingerprint density at radius 3 is 2.65 bits per heavy atom. The minimum absolute atomic E-state index is 0.0452. The van der Waals surface area contributed by atoms with E-state index in [2.05, 4.69) is 15.3 Å². The van der Waals surface area contributed by atoms with Crippen LogP contribution in [-0.2, 0) is 17.8 Å².